The molecule has 0 aliphatic heterocycles. The minimum absolute atomic E-state index is 0.0388. The first-order valence-corrected chi connectivity index (χ1v) is 11.1. The highest BCUT2D eigenvalue weighted by Crippen LogP contribution is 2.19. The number of nitrogens with one attached hydrogen (secondary N) is 2. The molecule has 4 heteroatoms. The number of rotatable bonds is 14. The zero-order valence-electron chi connectivity index (χ0n) is 17.5. The topological polar surface area (TPSA) is 58.2 Å². The van der Waals surface area contributed by atoms with Crippen molar-refractivity contribution in [1.29, 1.82) is 0 Å². The van der Waals surface area contributed by atoms with Gasteiger partial charge in [0.05, 0.1) is 0 Å². The molecule has 1 rings (SSSR count). The van der Waals surface area contributed by atoms with Gasteiger partial charge in [-0.25, -0.2) is 0 Å². The van der Waals surface area contributed by atoms with Gasteiger partial charge in [-0.2, -0.15) is 0 Å². The summed E-state index contributed by atoms with van der Waals surface area (Å²) >= 11 is 0. The second-order valence-electron chi connectivity index (χ2n) is 7.66. The largest absolute Gasteiger partial charge is 0.348 e. The minimum Gasteiger partial charge on any atom is -0.348 e. The van der Waals surface area contributed by atoms with Crippen molar-refractivity contribution in [2.45, 2.75) is 109 Å². The van der Waals surface area contributed by atoms with E-state index in [0.717, 1.165) is 44.9 Å². The van der Waals surface area contributed by atoms with E-state index < -0.39 is 0 Å². The molecule has 2 N–H and O–H groups in total. The summed E-state index contributed by atoms with van der Waals surface area (Å²) in [6.45, 7) is 4.40. The molecule has 154 valence electrons. The summed E-state index contributed by atoms with van der Waals surface area (Å²) in [5.74, 6) is -0.0776. The summed E-state index contributed by atoms with van der Waals surface area (Å²) in [6, 6.07) is 0.0910. The summed E-state index contributed by atoms with van der Waals surface area (Å²) < 4.78 is 0. The molecule has 0 radical (unpaired) electrons. The highest BCUT2D eigenvalue weighted by molar-refractivity contribution is 5.89. The summed E-state index contributed by atoms with van der Waals surface area (Å²) in [7, 11) is 0. The predicted molar refractivity (Wildman–Crippen MR) is 114 cm³/mol. The van der Waals surface area contributed by atoms with Crippen LogP contribution in [0, 0.1) is 0 Å². The number of carbonyl (C=O) groups is 2. The van der Waals surface area contributed by atoms with Gasteiger partial charge >= 0.3 is 0 Å². The highest BCUT2D eigenvalue weighted by atomic mass is 16.2. The number of hydrogen-bond acceptors (Lipinski definition) is 2. The number of carbonyl (C=O) groups excluding carboxylic acids is 2. The van der Waals surface area contributed by atoms with Crippen molar-refractivity contribution >= 4 is 11.8 Å². The first-order chi connectivity index (χ1) is 13.2. The van der Waals surface area contributed by atoms with Gasteiger partial charge in [-0.3, -0.25) is 9.59 Å². The maximum atomic E-state index is 12.1. The van der Waals surface area contributed by atoms with E-state index in [4.69, 9.17) is 0 Å². The van der Waals surface area contributed by atoms with Crippen LogP contribution >= 0.6 is 0 Å². The smallest absolute Gasteiger partial charge is 0.243 e. The Morgan fingerprint density at radius 1 is 0.741 bits per heavy atom. The molecular formula is C23H40N2O2. The molecule has 1 fully saturated rings. The average Bonchev–Trinajstić information content (AvgIpc) is 3.07. The van der Waals surface area contributed by atoms with Crippen LogP contribution in [-0.2, 0) is 9.59 Å². The van der Waals surface area contributed by atoms with E-state index in [2.05, 4.69) is 24.5 Å². The fourth-order valence-electron chi connectivity index (χ4n) is 3.53. The van der Waals surface area contributed by atoms with Crippen LogP contribution in [0.2, 0.25) is 0 Å². The van der Waals surface area contributed by atoms with Crippen LogP contribution in [0.4, 0.5) is 0 Å². The summed E-state index contributed by atoms with van der Waals surface area (Å²) in [5.41, 5.74) is 0. The van der Waals surface area contributed by atoms with Crippen molar-refractivity contribution in [1.82, 2.24) is 10.6 Å². The van der Waals surface area contributed by atoms with Crippen molar-refractivity contribution in [3.8, 4) is 0 Å². The molecule has 1 aliphatic carbocycles. The molecular weight excluding hydrogens is 336 g/mol. The molecule has 1 saturated carbocycles. The number of amides is 2. The lowest BCUT2D eigenvalue weighted by molar-refractivity contribution is -0.119. The van der Waals surface area contributed by atoms with Gasteiger partial charge in [-0.1, -0.05) is 64.5 Å². The fourth-order valence-corrected chi connectivity index (χ4v) is 3.53. The van der Waals surface area contributed by atoms with Crippen LogP contribution < -0.4 is 10.6 Å². The summed E-state index contributed by atoms with van der Waals surface area (Å²) in [4.78, 5) is 24.2. The standard InChI is InChI=1S/C23H40N2O2/c1-3-5-7-9-11-13-18-22(26)24-20-16-15-17-21(20)25-23(27)19-14-12-10-8-6-4-2/h13-14,18-21H,3-12,15-17H2,1-2H3,(H,24,26)(H,25,27)/b18-13+,19-14+/t20-,21+. The predicted octanol–water partition coefficient (Wildman–Crippen LogP) is 5.19. The molecule has 1 aliphatic rings. The van der Waals surface area contributed by atoms with Crippen LogP contribution in [0.1, 0.15) is 97.3 Å². The zero-order valence-corrected chi connectivity index (χ0v) is 17.5. The van der Waals surface area contributed by atoms with Gasteiger partial charge in [-0.05, 0) is 57.1 Å². The van der Waals surface area contributed by atoms with Crippen LogP contribution in [0.15, 0.2) is 24.3 Å². The monoisotopic (exact) mass is 376 g/mol. The van der Waals surface area contributed by atoms with Gasteiger partial charge in [0.1, 0.15) is 0 Å². The molecule has 2 atom stereocenters. The Kier molecular flexibility index (Phi) is 13.4. The van der Waals surface area contributed by atoms with Crippen LogP contribution in [-0.4, -0.2) is 23.9 Å². The van der Waals surface area contributed by atoms with Gasteiger partial charge in [0, 0.05) is 12.1 Å². The molecule has 0 aromatic rings. The molecule has 0 aromatic heterocycles. The molecule has 0 saturated heterocycles. The Labute approximate surface area is 166 Å². The van der Waals surface area contributed by atoms with E-state index >= 15 is 0 Å². The lowest BCUT2D eigenvalue weighted by atomic mass is 10.1. The third kappa shape index (κ3) is 11.7. The Hall–Kier alpha value is -1.58. The minimum atomic E-state index is -0.0388. The van der Waals surface area contributed by atoms with Gasteiger partial charge < -0.3 is 10.6 Å². The molecule has 0 aromatic carbocycles. The fraction of sp³-hybridized carbons (Fsp3) is 0.739. The maximum absolute atomic E-state index is 12.1. The van der Waals surface area contributed by atoms with Crippen molar-refractivity contribution in [2.24, 2.45) is 0 Å². The molecule has 0 bridgehead atoms. The van der Waals surface area contributed by atoms with Crippen molar-refractivity contribution in [2.75, 3.05) is 0 Å². The van der Waals surface area contributed by atoms with Crippen molar-refractivity contribution in [3.05, 3.63) is 24.3 Å². The average molecular weight is 377 g/mol. The van der Waals surface area contributed by atoms with E-state index in [-0.39, 0.29) is 23.9 Å². The van der Waals surface area contributed by atoms with Gasteiger partial charge in [0.25, 0.3) is 0 Å². The quantitative estimate of drug-likeness (QED) is 0.324. The number of allylic oxidation sites excluding steroid dienone is 2. The van der Waals surface area contributed by atoms with Gasteiger partial charge in [-0.15, -0.1) is 0 Å². The SMILES string of the molecule is CCCCCC/C=C/C(=O)N[C@H]1CCC[C@H]1NC(=O)/C=C/CCCCCC. The third-order valence-corrected chi connectivity index (χ3v) is 5.16. The molecule has 0 heterocycles. The molecule has 0 spiro atoms. The Morgan fingerprint density at radius 2 is 1.19 bits per heavy atom. The van der Waals surface area contributed by atoms with Crippen molar-refractivity contribution in [3.63, 3.8) is 0 Å². The number of hydrogen-bond donors (Lipinski definition) is 2. The molecule has 0 unspecified atom stereocenters. The molecule has 4 nitrogen and oxygen atoms in total. The Balaban J connectivity index is 2.25. The van der Waals surface area contributed by atoms with Gasteiger partial charge in [0.2, 0.25) is 11.8 Å². The lowest BCUT2D eigenvalue weighted by Gasteiger charge is -2.21. The van der Waals surface area contributed by atoms with E-state index in [1.165, 1.54) is 38.5 Å². The number of unbranched alkanes of at least 4 members (excludes halogenated alkanes) is 8. The second kappa shape index (κ2) is 15.5. The van der Waals surface area contributed by atoms with E-state index in [9.17, 15) is 9.59 Å². The first kappa shape index (κ1) is 23.5. The maximum Gasteiger partial charge on any atom is 0.243 e. The van der Waals surface area contributed by atoms with Crippen LogP contribution in [0.3, 0.4) is 0 Å². The third-order valence-electron chi connectivity index (χ3n) is 5.16. The second-order valence-corrected chi connectivity index (χ2v) is 7.66. The van der Waals surface area contributed by atoms with Gasteiger partial charge in [0.15, 0.2) is 0 Å². The van der Waals surface area contributed by atoms with E-state index in [0.29, 0.717) is 0 Å². The van der Waals surface area contributed by atoms with E-state index in [1.807, 2.05) is 12.2 Å². The normalized spacial score (nSPS) is 19.8. The summed E-state index contributed by atoms with van der Waals surface area (Å²) in [6.07, 6.45) is 21.8. The Morgan fingerprint density at radius 3 is 1.59 bits per heavy atom. The van der Waals surface area contributed by atoms with Crippen LogP contribution in [0.5, 0.6) is 0 Å². The molecule has 2 amide bonds. The summed E-state index contributed by atoms with van der Waals surface area (Å²) in [5, 5.41) is 6.12. The first-order valence-electron chi connectivity index (χ1n) is 11.1. The Bertz CT molecular complexity index is 429. The van der Waals surface area contributed by atoms with Crippen LogP contribution in [0.25, 0.3) is 0 Å². The highest BCUT2D eigenvalue weighted by Gasteiger charge is 2.28. The zero-order chi connectivity index (χ0) is 19.7. The lowest BCUT2D eigenvalue weighted by Crippen LogP contribution is -2.47. The molecule has 27 heavy (non-hydrogen) atoms. The van der Waals surface area contributed by atoms with Crippen molar-refractivity contribution < 1.29 is 9.59 Å². The van der Waals surface area contributed by atoms with E-state index in [1.54, 1.807) is 12.2 Å².